The highest BCUT2D eigenvalue weighted by molar-refractivity contribution is 5.92. The van der Waals surface area contributed by atoms with E-state index in [1.165, 1.54) is 29.4 Å². The summed E-state index contributed by atoms with van der Waals surface area (Å²) in [6.45, 7) is 0.289. The van der Waals surface area contributed by atoms with Gasteiger partial charge in [-0.05, 0) is 42.0 Å². The summed E-state index contributed by atoms with van der Waals surface area (Å²) in [5.41, 5.74) is 0.815. The second-order valence-corrected chi connectivity index (χ2v) is 7.42. The molecule has 0 atom stereocenters. The standard InChI is InChI=1S/C25H22FN3O5/c26-19-10-8-18(9-11-19)14-27-25(31)23-13-22(34-28-23)16-29(15-21-7-4-12-32-21)24(30)17-33-20-5-2-1-3-6-20/h1-13H,14-17H2,(H,27,31). The number of carbonyl (C=O) groups excluding carboxylic acids is 2. The molecule has 174 valence electrons. The molecule has 0 spiro atoms. The van der Waals surface area contributed by atoms with E-state index in [1.807, 2.05) is 18.2 Å². The van der Waals surface area contributed by atoms with Crippen LogP contribution < -0.4 is 10.1 Å². The van der Waals surface area contributed by atoms with Gasteiger partial charge in [-0.2, -0.15) is 0 Å². The van der Waals surface area contributed by atoms with Crippen LogP contribution in [0, 0.1) is 5.82 Å². The number of nitrogens with one attached hydrogen (secondary N) is 1. The molecule has 0 fully saturated rings. The molecule has 0 aliphatic rings. The van der Waals surface area contributed by atoms with E-state index in [9.17, 15) is 14.0 Å². The zero-order chi connectivity index (χ0) is 23.8. The number of ether oxygens (including phenoxy) is 1. The van der Waals surface area contributed by atoms with E-state index in [2.05, 4.69) is 10.5 Å². The van der Waals surface area contributed by atoms with Crippen LogP contribution in [0.3, 0.4) is 0 Å². The minimum Gasteiger partial charge on any atom is -0.484 e. The highest BCUT2D eigenvalue weighted by Gasteiger charge is 2.20. The van der Waals surface area contributed by atoms with Crippen LogP contribution in [0.4, 0.5) is 4.39 Å². The lowest BCUT2D eigenvalue weighted by molar-refractivity contribution is -0.135. The van der Waals surface area contributed by atoms with Crippen molar-refractivity contribution in [2.45, 2.75) is 19.6 Å². The fourth-order valence-corrected chi connectivity index (χ4v) is 3.13. The van der Waals surface area contributed by atoms with Crippen molar-refractivity contribution in [1.29, 1.82) is 0 Å². The number of benzene rings is 2. The maximum Gasteiger partial charge on any atom is 0.273 e. The number of hydrogen-bond donors (Lipinski definition) is 1. The van der Waals surface area contributed by atoms with Gasteiger partial charge in [0.2, 0.25) is 0 Å². The van der Waals surface area contributed by atoms with Gasteiger partial charge in [-0.1, -0.05) is 35.5 Å². The molecule has 2 aromatic carbocycles. The molecule has 2 heterocycles. The van der Waals surface area contributed by atoms with Crippen LogP contribution in [-0.2, 0) is 24.4 Å². The Morgan fingerprint density at radius 3 is 2.47 bits per heavy atom. The van der Waals surface area contributed by atoms with Gasteiger partial charge >= 0.3 is 0 Å². The van der Waals surface area contributed by atoms with E-state index >= 15 is 0 Å². The summed E-state index contributed by atoms with van der Waals surface area (Å²) in [5, 5.41) is 6.51. The molecule has 0 radical (unpaired) electrons. The number of halogens is 1. The number of para-hydroxylation sites is 1. The Labute approximate surface area is 194 Å². The van der Waals surface area contributed by atoms with Crippen LogP contribution in [0.25, 0.3) is 0 Å². The van der Waals surface area contributed by atoms with Gasteiger partial charge in [0.05, 0.1) is 19.4 Å². The molecule has 0 aliphatic heterocycles. The van der Waals surface area contributed by atoms with E-state index in [4.69, 9.17) is 13.7 Å². The van der Waals surface area contributed by atoms with Crippen LogP contribution in [0.15, 0.2) is 88.0 Å². The average molecular weight is 463 g/mol. The van der Waals surface area contributed by atoms with Crippen LogP contribution in [0.2, 0.25) is 0 Å². The van der Waals surface area contributed by atoms with Crippen LogP contribution in [0.1, 0.15) is 27.6 Å². The monoisotopic (exact) mass is 463 g/mol. The molecule has 4 aromatic rings. The number of furan rings is 1. The number of amides is 2. The van der Waals surface area contributed by atoms with Crippen molar-refractivity contribution in [2.24, 2.45) is 0 Å². The van der Waals surface area contributed by atoms with Gasteiger partial charge in [-0.25, -0.2) is 4.39 Å². The van der Waals surface area contributed by atoms with Crippen molar-refractivity contribution in [3.8, 4) is 5.75 Å². The van der Waals surface area contributed by atoms with Crippen molar-refractivity contribution in [3.05, 3.63) is 108 Å². The molecule has 9 heteroatoms. The first-order valence-corrected chi connectivity index (χ1v) is 10.5. The number of rotatable bonds is 10. The van der Waals surface area contributed by atoms with Crippen molar-refractivity contribution >= 4 is 11.8 Å². The topological polar surface area (TPSA) is 97.8 Å². The molecular formula is C25H22FN3O5. The average Bonchev–Trinajstić information content (AvgIpc) is 3.55. The molecule has 34 heavy (non-hydrogen) atoms. The summed E-state index contributed by atoms with van der Waals surface area (Å²) >= 11 is 0. The van der Waals surface area contributed by atoms with Gasteiger partial charge < -0.3 is 23.9 Å². The largest absolute Gasteiger partial charge is 0.484 e. The predicted octanol–water partition coefficient (Wildman–Crippen LogP) is 3.94. The van der Waals surface area contributed by atoms with Crippen LogP contribution >= 0.6 is 0 Å². The van der Waals surface area contributed by atoms with E-state index in [0.29, 0.717) is 17.3 Å². The Morgan fingerprint density at radius 2 is 1.74 bits per heavy atom. The Balaban J connectivity index is 1.38. The van der Waals surface area contributed by atoms with Crippen molar-refractivity contribution in [2.75, 3.05) is 6.61 Å². The highest BCUT2D eigenvalue weighted by atomic mass is 19.1. The molecule has 0 saturated heterocycles. The fraction of sp³-hybridized carbons (Fsp3) is 0.160. The Kier molecular flexibility index (Phi) is 7.34. The first-order chi connectivity index (χ1) is 16.6. The minimum absolute atomic E-state index is 0.0654. The smallest absolute Gasteiger partial charge is 0.273 e. The maximum atomic E-state index is 13.0. The first kappa shape index (κ1) is 22.8. The summed E-state index contributed by atoms with van der Waals surface area (Å²) in [5.74, 6) is 0.401. The van der Waals surface area contributed by atoms with Gasteiger partial charge in [0.25, 0.3) is 11.8 Å². The quantitative estimate of drug-likeness (QED) is 0.383. The minimum atomic E-state index is -0.448. The van der Waals surface area contributed by atoms with E-state index in [0.717, 1.165) is 5.56 Å². The maximum absolute atomic E-state index is 13.0. The predicted molar refractivity (Wildman–Crippen MR) is 119 cm³/mol. The second kappa shape index (κ2) is 11.0. The third-order valence-electron chi connectivity index (χ3n) is 4.89. The summed E-state index contributed by atoms with van der Waals surface area (Å²) in [4.78, 5) is 26.8. The van der Waals surface area contributed by atoms with Crippen LogP contribution in [0.5, 0.6) is 5.75 Å². The second-order valence-electron chi connectivity index (χ2n) is 7.42. The summed E-state index contributed by atoms with van der Waals surface area (Å²) in [6, 6.07) is 19.8. The summed E-state index contributed by atoms with van der Waals surface area (Å²) in [6.07, 6.45) is 1.52. The SMILES string of the molecule is O=C(NCc1ccc(F)cc1)c1cc(CN(Cc2ccco2)C(=O)COc2ccccc2)on1. The molecule has 2 aromatic heterocycles. The fourth-order valence-electron chi connectivity index (χ4n) is 3.13. The molecule has 0 bridgehead atoms. The molecule has 2 amide bonds. The van der Waals surface area contributed by atoms with Gasteiger partial charge in [0.15, 0.2) is 18.1 Å². The van der Waals surface area contributed by atoms with Crippen molar-refractivity contribution in [1.82, 2.24) is 15.4 Å². The number of aromatic nitrogens is 1. The molecule has 1 N–H and O–H groups in total. The molecular weight excluding hydrogens is 441 g/mol. The molecule has 0 aliphatic carbocycles. The number of nitrogens with zero attached hydrogens (tertiary/aromatic N) is 2. The first-order valence-electron chi connectivity index (χ1n) is 10.5. The molecule has 8 nitrogen and oxygen atoms in total. The summed E-state index contributed by atoms with van der Waals surface area (Å²) in [7, 11) is 0. The van der Waals surface area contributed by atoms with Gasteiger partial charge in [0.1, 0.15) is 17.3 Å². The zero-order valence-corrected chi connectivity index (χ0v) is 18.1. The van der Waals surface area contributed by atoms with Crippen LogP contribution in [-0.4, -0.2) is 28.5 Å². The van der Waals surface area contributed by atoms with Gasteiger partial charge in [-0.3, -0.25) is 9.59 Å². The molecule has 0 unspecified atom stereocenters. The Morgan fingerprint density at radius 1 is 0.971 bits per heavy atom. The Hall–Kier alpha value is -4.40. The van der Waals surface area contributed by atoms with E-state index in [-0.39, 0.29) is 43.7 Å². The molecule has 4 rings (SSSR count). The normalized spacial score (nSPS) is 10.6. The van der Waals surface area contributed by atoms with E-state index in [1.54, 1.807) is 36.4 Å². The lowest BCUT2D eigenvalue weighted by atomic mass is 10.2. The van der Waals surface area contributed by atoms with E-state index < -0.39 is 5.91 Å². The third-order valence-corrected chi connectivity index (χ3v) is 4.89. The van der Waals surface area contributed by atoms with Gasteiger partial charge in [-0.15, -0.1) is 0 Å². The summed E-state index contributed by atoms with van der Waals surface area (Å²) < 4.78 is 29.3. The lowest BCUT2D eigenvalue weighted by Gasteiger charge is -2.20. The zero-order valence-electron chi connectivity index (χ0n) is 18.1. The van der Waals surface area contributed by atoms with Crippen molar-refractivity contribution < 1.29 is 27.7 Å². The lowest BCUT2D eigenvalue weighted by Crippen LogP contribution is -2.33. The number of hydrogen-bond acceptors (Lipinski definition) is 6. The molecule has 0 saturated carbocycles. The highest BCUT2D eigenvalue weighted by Crippen LogP contribution is 2.14. The Bertz CT molecular complexity index is 1210. The van der Waals surface area contributed by atoms with Crippen molar-refractivity contribution in [3.63, 3.8) is 0 Å². The number of carbonyl (C=O) groups is 2. The third kappa shape index (κ3) is 6.32. The van der Waals surface area contributed by atoms with Gasteiger partial charge in [0, 0.05) is 12.6 Å².